The maximum absolute atomic E-state index is 7.22. The first-order chi connectivity index (χ1) is 10.4. The average Bonchev–Trinajstić information content (AvgIpc) is 2.36. The molecule has 5 nitrogen and oxygen atoms in total. The molecule has 0 aromatic heterocycles. The molecule has 1 aromatic carbocycles. The number of guanidine groups is 2. The number of nitrogens with two attached hydrogens (primary N) is 2. The van der Waals surface area contributed by atoms with Crippen LogP contribution in [-0.2, 0) is 0 Å². The highest BCUT2D eigenvalue weighted by Gasteiger charge is 1.97. The standard InChI is InChI=1S/C11H16ClN5.ClH/c1-7(2)15-10(13)17-11(14)16-9-5-3-8(12)4-6-9;/h3-7H,1-2H3,(H5,13,14,15,16,17);1H/i1D3,2D3;. The van der Waals surface area contributed by atoms with Crippen LogP contribution in [0.15, 0.2) is 34.3 Å². The van der Waals surface area contributed by atoms with Gasteiger partial charge in [-0.3, -0.25) is 0 Å². The van der Waals surface area contributed by atoms with Gasteiger partial charge in [-0.1, -0.05) is 11.6 Å². The molecule has 0 unspecified atom stereocenters. The lowest BCUT2D eigenvalue weighted by molar-refractivity contribution is 0.831. The Balaban J connectivity index is 0.00000529. The summed E-state index contributed by atoms with van der Waals surface area (Å²) in [4.78, 5) is 7.10. The SMILES string of the molecule is Cl.[2H]C([2H])([2H])C(N=C(N)/N=C(\N)Nc1ccc(Cl)cc1)C([2H])([2H])[2H]. The van der Waals surface area contributed by atoms with E-state index in [0.717, 1.165) is 0 Å². The van der Waals surface area contributed by atoms with Gasteiger partial charge < -0.3 is 16.8 Å². The third-order valence-electron chi connectivity index (χ3n) is 1.61. The third-order valence-corrected chi connectivity index (χ3v) is 1.86. The van der Waals surface area contributed by atoms with Gasteiger partial charge in [0.15, 0.2) is 0 Å². The Kier molecular flexibility index (Phi) is 3.72. The normalized spacial score (nSPS) is 18.6. The topological polar surface area (TPSA) is 88.8 Å². The molecule has 0 radical (unpaired) electrons. The predicted octanol–water partition coefficient (Wildman–Crippen LogP) is 2.21. The van der Waals surface area contributed by atoms with Crippen LogP contribution >= 0.6 is 24.0 Å². The van der Waals surface area contributed by atoms with E-state index in [1.54, 1.807) is 24.3 Å². The zero-order valence-electron chi connectivity index (χ0n) is 15.2. The number of halogens is 2. The molecule has 0 saturated heterocycles. The minimum Gasteiger partial charge on any atom is -0.369 e. The van der Waals surface area contributed by atoms with E-state index >= 15 is 0 Å². The van der Waals surface area contributed by atoms with Crippen molar-refractivity contribution in [2.24, 2.45) is 21.5 Å². The van der Waals surface area contributed by atoms with Crippen LogP contribution in [0, 0.1) is 0 Å². The van der Waals surface area contributed by atoms with E-state index in [9.17, 15) is 0 Å². The maximum Gasteiger partial charge on any atom is 0.218 e. The van der Waals surface area contributed by atoms with Crippen LogP contribution in [0.1, 0.15) is 21.9 Å². The molecule has 7 heteroatoms. The maximum atomic E-state index is 7.22. The molecular formula is C11H17Cl2N5. The molecule has 0 spiro atoms. The zero-order chi connectivity index (χ0) is 17.8. The summed E-state index contributed by atoms with van der Waals surface area (Å²) >= 11 is 5.74. The van der Waals surface area contributed by atoms with Crippen molar-refractivity contribution in [3.8, 4) is 0 Å². The van der Waals surface area contributed by atoms with Gasteiger partial charge in [-0.25, -0.2) is 4.99 Å². The van der Waals surface area contributed by atoms with Gasteiger partial charge in [-0.15, -0.1) is 12.4 Å². The molecule has 0 aliphatic rings. The number of anilines is 1. The first-order valence-corrected chi connectivity index (χ1v) is 4.97. The third kappa shape index (κ3) is 6.32. The van der Waals surface area contributed by atoms with Gasteiger partial charge in [-0.2, -0.15) is 4.99 Å². The Bertz CT molecular complexity index is 582. The first-order valence-electron chi connectivity index (χ1n) is 7.59. The lowest BCUT2D eigenvalue weighted by Gasteiger charge is -2.05. The molecule has 0 atom stereocenters. The van der Waals surface area contributed by atoms with Crippen molar-refractivity contribution in [3.63, 3.8) is 0 Å². The summed E-state index contributed by atoms with van der Waals surface area (Å²) in [5.41, 5.74) is 11.6. The van der Waals surface area contributed by atoms with Crippen LogP contribution < -0.4 is 16.8 Å². The fourth-order valence-corrected chi connectivity index (χ4v) is 1.12. The minimum atomic E-state index is -2.84. The van der Waals surface area contributed by atoms with Gasteiger partial charge in [-0.05, 0) is 38.0 Å². The van der Waals surface area contributed by atoms with Gasteiger partial charge >= 0.3 is 0 Å². The van der Waals surface area contributed by atoms with Gasteiger partial charge in [0.25, 0.3) is 0 Å². The summed E-state index contributed by atoms with van der Waals surface area (Å²) in [6, 6.07) is 4.52. The molecule has 1 aromatic rings. The molecule has 18 heavy (non-hydrogen) atoms. The Morgan fingerprint density at radius 3 is 2.50 bits per heavy atom. The van der Waals surface area contributed by atoms with E-state index in [2.05, 4.69) is 15.3 Å². The molecular weight excluding hydrogens is 273 g/mol. The summed E-state index contributed by atoms with van der Waals surface area (Å²) in [7, 11) is 0. The summed E-state index contributed by atoms with van der Waals surface area (Å²) in [6.45, 7) is -5.69. The van der Waals surface area contributed by atoms with Gasteiger partial charge in [0.1, 0.15) is 0 Å². The second-order valence-electron chi connectivity index (χ2n) is 3.02. The van der Waals surface area contributed by atoms with Crippen molar-refractivity contribution in [2.75, 3.05) is 5.32 Å². The van der Waals surface area contributed by atoms with Gasteiger partial charge in [0, 0.05) is 25.0 Å². The van der Waals surface area contributed by atoms with E-state index in [4.69, 9.17) is 31.3 Å². The van der Waals surface area contributed by atoms with Crippen molar-refractivity contribution in [3.05, 3.63) is 29.3 Å². The summed E-state index contributed by atoms with van der Waals surface area (Å²) in [6.07, 6.45) is 0. The number of benzene rings is 1. The summed E-state index contributed by atoms with van der Waals surface area (Å²) < 4.78 is 43.3. The van der Waals surface area contributed by atoms with E-state index < -0.39 is 25.7 Å². The Hall–Kier alpha value is -1.46. The van der Waals surface area contributed by atoms with E-state index in [1.165, 1.54) is 0 Å². The minimum absolute atomic E-state index is 0. The van der Waals surface area contributed by atoms with Crippen LogP contribution in [0.25, 0.3) is 0 Å². The van der Waals surface area contributed by atoms with Crippen LogP contribution in [0.4, 0.5) is 5.69 Å². The molecule has 0 saturated carbocycles. The fourth-order valence-electron chi connectivity index (χ4n) is 0.994. The van der Waals surface area contributed by atoms with E-state index in [-0.39, 0.29) is 18.4 Å². The lowest BCUT2D eigenvalue weighted by atomic mass is 10.3. The molecule has 0 heterocycles. The lowest BCUT2D eigenvalue weighted by Crippen LogP contribution is -2.26. The van der Waals surface area contributed by atoms with Crippen LogP contribution in [-0.4, -0.2) is 18.0 Å². The molecule has 0 aliphatic carbocycles. The van der Waals surface area contributed by atoms with Crippen molar-refractivity contribution in [1.82, 2.24) is 0 Å². The van der Waals surface area contributed by atoms with Crippen molar-refractivity contribution in [1.29, 1.82) is 0 Å². The highest BCUT2D eigenvalue weighted by molar-refractivity contribution is 6.30. The Morgan fingerprint density at radius 2 is 1.94 bits per heavy atom. The predicted molar refractivity (Wildman–Crippen MR) is 80.7 cm³/mol. The molecule has 0 amide bonds. The number of nitrogens with one attached hydrogen (secondary N) is 1. The molecule has 0 fully saturated rings. The highest BCUT2D eigenvalue weighted by Crippen LogP contribution is 2.12. The monoisotopic (exact) mass is 295 g/mol. The Morgan fingerprint density at radius 1 is 1.33 bits per heavy atom. The molecule has 100 valence electrons. The van der Waals surface area contributed by atoms with Gasteiger partial charge in [0.05, 0.1) is 0 Å². The molecule has 1 rings (SSSR count). The number of hydrogen-bond acceptors (Lipinski definition) is 1. The quantitative estimate of drug-likeness (QED) is 0.577. The number of aliphatic imine (C=N–C) groups is 2. The van der Waals surface area contributed by atoms with Gasteiger partial charge in [0.2, 0.25) is 11.9 Å². The molecule has 0 bridgehead atoms. The molecule has 0 aliphatic heterocycles. The first kappa shape index (κ1) is 8.61. The second kappa shape index (κ2) is 7.79. The van der Waals surface area contributed by atoms with E-state index in [1.807, 2.05) is 0 Å². The highest BCUT2D eigenvalue weighted by atomic mass is 35.5. The van der Waals surface area contributed by atoms with Crippen LogP contribution in [0.5, 0.6) is 0 Å². The van der Waals surface area contributed by atoms with Crippen molar-refractivity contribution in [2.45, 2.75) is 19.7 Å². The zero-order valence-corrected chi connectivity index (χ0v) is 10.8. The Labute approximate surface area is 126 Å². The van der Waals surface area contributed by atoms with E-state index in [0.29, 0.717) is 10.7 Å². The number of nitrogens with zero attached hydrogens (tertiary/aromatic N) is 2. The second-order valence-corrected chi connectivity index (χ2v) is 3.46. The number of hydrogen-bond donors (Lipinski definition) is 3. The smallest absolute Gasteiger partial charge is 0.218 e. The molecule has 5 N–H and O–H groups in total. The number of rotatable bonds is 2. The van der Waals surface area contributed by atoms with Crippen LogP contribution in [0.2, 0.25) is 5.02 Å². The fraction of sp³-hybridized carbons (Fsp3) is 0.273. The van der Waals surface area contributed by atoms with Crippen molar-refractivity contribution >= 4 is 41.6 Å². The van der Waals surface area contributed by atoms with Crippen LogP contribution in [0.3, 0.4) is 0 Å². The summed E-state index contributed by atoms with van der Waals surface area (Å²) in [5, 5.41) is 3.21. The largest absolute Gasteiger partial charge is 0.369 e. The van der Waals surface area contributed by atoms with Crippen molar-refractivity contribution < 1.29 is 8.22 Å². The summed E-state index contributed by atoms with van der Waals surface area (Å²) in [5.74, 6) is -0.732. The average molecular weight is 296 g/mol.